The lowest BCUT2D eigenvalue weighted by Crippen LogP contribution is -2.63. The van der Waals surface area contributed by atoms with Crippen molar-refractivity contribution in [2.45, 2.75) is 39.3 Å². The minimum absolute atomic E-state index is 0.0783. The lowest BCUT2D eigenvalue weighted by atomic mass is 9.99. The van der Waals surface area contributed by atoms with Crippen LogP contribution in [0.15, 0.2) is 42.9 Å². The van der Waals surface area contributed by atoms with Crippen LogP contribution in [0.2, 0.25) is 5.02 Å². The molecule has 1 saturated heterocycles. The topological polar surface area (TPSA) is 79.2 Å². The lowest BCUT2D eigenvalue weighted by Gasteiger charge is -2.47. The number of hydrogen-bond donors (Lipinski definition) is 1. The predicted molar refractivity (Wildman–Crippen MR) is 146 cm³/mol. The van der Waals surface area contributed by atoms with Gasteiger partial charge in [-0.15, -0.1) is 11.3 Å². The highest BCUT2D eigenvalue weighted by molar-refractivity contribution is 7.22. The largest absolute Gasteiger partial charge is 0.351 e. The molecule has 2 amide bonds. The summed E-state index contributed by atoms with van der Waals surface area (Å²) >= 11 is 7.83. The van der Waals surface area contributed by atoms with Gasteiger partial charge in [0.2, 0.25) is 0 Å². The van der Waals surface area contributed by atoms with E-state index in [-0.39, 0.29) is 12.1 Å². The summed E-state index contributed by atoms with van der Waals surface area (Å²) < 4.78 is 2.89. The standard InChI is InChI=1S/C26H30ClN7OS/c1-16(18-7-6-8-19(27)11-18)30-25(35)34-10-9-33(14-26(34,3)4)24-23-21(28-15-29-24)12-22(36-23)20-13-32(5)31-17(20)2/h6-8,11-13,15-16H,9-10,14H2,1-5H3,(H,30,35). The molecule has 4 heterocycles. The van der Waals surface area contributed by atoms with Crippen molar-refractivity contribution in [3.05, 3.63) is 59.1 Å². The molecule has 1 fully saturated rings. The van der Waals surface area contributed by atoms with Crippen molar-refractivity contribution in [1.29, 1.82) is 0 Å². The second kappa shape index (κ2) is 9.37. The van der Waals surface area contributed by atoms with E-state index in [9.17, 15) is 4.79 Å². The molecule has 0 saturated carbocycles. The third-order valence-corrected chi connectivity index (χ3v) is 8.10. The van der Waals surface area contributed by atoms with Gasteiger partial charge in [-0.3, -0.25) is 4.68 Å². The second-order valence-electron chi connectivity index (χ2n) is 9.94. The first-order chi connectivity index (χ1) is 17.1. The zero-order chi connectivity index (χ0) is 25.6. The quantitative estimate of drug-likeness (QED) is 0.386. The molecule has 3 aromatic heterocycles. The van der Waals surface area contributed by atoms with Crippen LogP contribution in [0, 0.1) is 6.92 Å². The molecular weight excluding hydrogens is 494 g/mol. The van der Waals surface area contributed by atoms with E-state index in [0.29, 0.717) is 24.7 Å². The van der Waals surface area contributed by atoms with Crippen LogP contribution in [0.4, 0.5) is 10.6 Å². The Morgan fingerprint density at radius 2 is 2.03 bits per heavy atom. The predicted octanol–water partition coefficient (Wildman–Crippen LogP) is 5.43. The first-order valence-electron chi connectivity index (χ1n) is 12.0. The van der Waals surface area contributed by atoms with E-state index in [1.807, 2.05) is 60.9 Å². The number of carbonyl (C=O) groups excluding carboxylic acids is 1. The van der Waals surface area contributed by atoms with Crippen LogP contribution >= 0.6 is 22.9 Å². The van der Waals surface area contributed by atoms with Gasteiger partial charge in [-0.1, -0.05) is 23.7 Å². The number of hydrogen-bond acceptors (Lipinski definition) is 6. The van der Waals surface area contributed by atoms with Gasteiger partial charge >= 0.3 is 6.03 Å². The first kappa shape index (κ1) is 24.5. The van der Waals surface area contributed by atoms with Crippen LogP contribution in [-0.4, -0.2) is 55.9 Å². The minimum Gasteiger partial charge on any atom is -0.351 e. The summed E-state index contributed by atoms with van der Waals surface area (Å²) in [5.41, 5.74) is 3.62. The van der Waals surface area contributed by atoms with Crippen molar-refractivity contribution in [1.82, 2.24) is 30.0 Å². The molecule has 0 spiro atoms. The fourth-order valence-electron chi connectivity index (χ4n) is 4.88. The summed E-state index contributed by atoms with van der Waals surface area (Å²) in [5, 5.41) is 8.29. The summed E-state index contributed by atoms with van der Waals surface area (Å²) in [5.74, 6) is 0.915. The van der Waals surface area contributed by atoms with Gasteiger partial charge in [0.25, 0.3) is 0 Å². The summed E-state index contributed by atoms with van der Waals surface area (Å²) in [6.45, 7) is 10.1. The molecule has 188 valence electrons. The van der Waals surface area contributed by atoms with E-state index >= 15 is 0 Å². The molecular formula is C26H30ClN7OS. The van der Waals surface area contributed by atoms with Gasteiger partial charge in [0.1, 0.15) is 12.1 Å². The Labute approximate surface area is 219 Å². The fourth-order valence-corrected chi connectivity index (χ4v) is 6.26. The van der Waals surface area contributed by atoms with Crippen LogP contribution in [0.5, 0.6) is 0 Å². The number of fused-ring (bicyclic) bond motifs is 1. The van der Waals surface area contributed by atoms with Gasteiger partial charge in [0.05, 0.1) is 27.5 Å². The normalized spacial score (nSPS) is 16.4. The van der Waals surface area contributed by atoms with E-state index in [2.05, 4.69) is 45.2 Å². The van der Waals surface area contributed by atoms with Crippen molar-refractivity contribution in [3.63, 3.8) is 0 Å². The number of thiophene rings is 1. The van der Waals surface area contributed by atoms with Gasteiger partial charge in [-0.05, 0) is 51.5 Å². The first-order valence-corrected chi connectivity index (χ1v) is 13.2. The fraction of sp³-hybridized carbons (Fsp3) is 0.385. The number of aromatic nitrogens is 4. The maximum atomic E-state index is 13.3. The maximum absolute atomic E-state index is 13.3. The minimum atomic E-state index is -0.395. The summed E-state index contributed by atoms with van der Waals surface area (Å²) in [4.78, 5) is 27.8. The van der Waals surface area contributed by atoms with E-state index in [1.165, 1.54) is 0 Å². The maximum Gasteiger partial charge on any atom is 0.318 e. The number of nitrogens with one attached hydrogen (secondary N) is 1. The Kier molecular flexibility index (Phi) is 6.38. The highest BCUT2D eigenvalue weighted by atomic mass is 35.5. The Balaban J connectivity index is 1.35. The summed E-state index contributed by atoms with van der Waals surface area (Å²) in [6.07, 6.45) is 3.67. The average Bonchev–Trinajstić information content (AvgIpc) is 3.40. The molecule has 1 unspecified atom stereocenters. The molecule has 5 rings (SSSR count). The van der Waals surface area contributed by atoms with Gasteiger partial charge < -0.3 is 15.1 Å². The number of carbonyl (C=O) groups is 1. The third kappa shape index (κ3) is 4.65. The summed E-state index contributed by atoms with van der Waals surface area (Å²) in [6, 6.07) is 9.48. The highest BCUT2D eigenvalue weighted by Crippen LogP contribution is 2.39. The molecule has 0 radical (unpaired) electrons. The van der Waals surface area contributed by atoms with Gasteiger partial charge in [-0.25, -0.2) is 14.8 Å². The molecule has 1 aliphatic heterocycles. The Morgan fingerprint density at radius 1 is 1.22 bits per heavy atom. The lowest BCUT2D eigenvalue weighted by molar-refractivity contribution is 0.121. The Morgan fingerprint density at radius 3 is 2.72 bits per heavy atom. The second-order valence-corrected chi connectivity index (χ2v) is 11.4. The van der Waals surface area contributed by atoms with Crippen molar-refractivity contribution in [2.24, 2.45) is 7.05 Å². The van der Waals surface area contributed by atoms with E-state index in [1.54, 1.807) is 17.7 Å². The molecule has 1 aromatic carbocycles. The highest BCUT2D eigenvalue weighted by Gasteiger charge is 2.38. The molecule has 1 atom stereocenters. The van der Waals surface area contributed by atoms with Crippen LogP contribution in [0.25, 0.3) is 20.7 Å². The van der Waals surface area contributed by atoms with Crippen molar-refractivity contribution >= 4 is 45.0 Å². The van der Waals surface area contributed by atoms with Crippen LogP contribution < -0.4 is 10.2 Å². The molecule has 36 heavy (non-hydrogen) atoms. The van der Waals surface area contributed by atoms with Gasteiger partial charge in [0.15, 0.2) is 0 Å². The number of halogens is 1. The van der Waals surface area contributed by atoms with Gasteiger partial charge in [-0.2, -0.15) is 5.10 Å². The smallest absolute Gasteiger partial charge is 0.318 e. The average molecular weight is 524 g/mol. The SMILES string of the molecule is Cc1nn(C)cc1-c1cc2ncnc(N3CCN(C(=O)NC(C)c4cccc(Cl)c4)C(C)(C)C3)c2s1. The van der Waals surface area contributed by atoms with Crippen molar-refractivity contribution < 1.29 is 4.79 Å². The summed E-state index contributed by atoms with van der Waals surface area (Å²) in [7, 11) is 1.93. The molecule has 1 aliphatic rings. The molecule has 4 aromatic rings. The van der Waals surface area contributed by atoms with Crippen LogP contribution in [0.1, 0.15) is 38.1 Å². The molecule has 10 heteroatoms. The molecule has 0 bridgehead atoms. The molecule has 0 aliphatic carbocycles. The van der Waals surface area contributed by atoms with E-state index < -0.39 is 5.54 Å². The van der Waals surface area contributed by atoms with Crippen LogP contribution in [-0.2, 0) is 7.05 Å². The number of piperazine rings is 1. The zero-order valence-corrected chi connectivity index (χ0v) is 22.7. The molecule has 1 N–H and O–H groups in total. The van der Waals surface area contributed by atoms with Gasteiger partial charge in [0, 0.05) is 48.3 Å². The zero-order valence-electron chi connectivity index (χ0n) is 21.1. The Bertz CT molecular complexity index is 1430. The monoisotopic (exact) mass is 523 g/mol. The number of anilines is 1. The number of amides is 2. The number of rotatable bonds is 4. The number of benzene rings is 1. The van der Waals surface area contributed by atoms with Crippen LogP contribution in [0.3, 0.4) is 0 Å². The van der Waals surface area contributed by atoms with Crippen molar-refractivity contribution in [3.8, 4) is 10.4 Å². The number of nitrogens with zero attached hydrogens (tertiary/aromatic N) is 6. The molecule has 8 nitrogen and oxygen atoms in total. The van der Waals surface area contributed by atoms with Crippen molar-refractivity contribution in [2.75, 3.05) is 24.5 Å². The van der Waals surface area contributed by atoms with E-state index in [0.717, 1.165) is 37.7 Å². The number of urea groups is 1. The third-order valence-electron chi connectivity index (χ3n) is 6.71. The number of aryl methyl sites for hydroxylation is 2. The van der Waals surface area contributed by atoms with E-state index in [4.69, 9.17) is 11.6 Å². The Hall–Kier alpha value is -3.17.